The summed E-state index contributed by atoms with van der Waals surface area (Å²) >= 11 is 5.17. The number of hydrogen-bond donors (Lipinski definition) is 2. The molecule has 6 heteroatoms. The number of nitrogens with one attached hydrogen (secondary N) is 2. The molecule has 1 aliphatic heterocycles. The lowest BCUT2D eigenvalue weighted by Gasteiger charge is -2.17. The van der Waals surface area contributed by atoms with Gasteiger partial charge in [0.2, 0.25) is 0 Å². The average Bonchev–Trinajstić information content (AvgIpc) is 2.82. The number of carbonyl (C=O) groups excluding carboxylic acids is 1. The van der Waals surface area contributed by atoms with Gasteiger partial charge in [-0.3, -0.25) is 4.79 Å². The Labute approximate surface area is 135 Å². The van der Waals surface area contributed by atoms with Gasteiger partial charge in [-0.1, -0.05) is 6.07 Å². The summed E-state index contributed by atoms with van der Waals surface area (Å²) in [5.74, 6) is 0.572. The molecule has 0 spiro atoms. The largest absolute Gasteiger partial charge is 0.491 e. The maximum Gasteiger partial charge on any atom is 0.255 e. The molecule has 0 radical (unpaired) electrons. The summed E-state index contributed by atoms with van der Waals surface area (Å²) in [4.78, 5) is 13.3. The monoisotopic (exact) mass is 366 g/mol. The number of hydrogen-bond acceptors (Lipinski definition) is 4. The Kier molecular flexibility index (Phi) is 4.28. The number of carbonyl (C=O) groups is 1. The zero-order valence-corrected chi connectivity index (χ0v) is 13.9. The van der Waals surface area contributed by atoms with E-state index in [0.717, 1.165) is 9.35 Å². The van der Waals surface area contributed by atoms with Crippen molar-refractivity contribution in [2.75, 3.05) is 20.2 Å². The van der Waals surface area contributed by atoms with Crippen molar-refractivity contribution in [3.05, 3.63) is 50.1 Å². The van der Waals surface area contributed by atoms with E-state index in [1.54, 1.807) is 11.3 Å². The Hall–Kier alpha value is -1.37. The summed E-state index contributed by atoms with van der Waals surface area (Å²) in [6.07, 6.45) is 0. The van der Waals surface area contributed by atoms with Gasteiger partial charge in [-0.15, -0.1) is 11.3 Å². The Morgan fingerprint density at radius 1 is 1.38 bits per heavy atom. The lowest BCUT2D eigenvalue weighted by molar-refractivity contribution is 0.0957. The van der Waals surface area contributed by atoms with Crippen LogP contribution < -0.4 is 15.4 Å². The van der Waals surface area contributed by atoms with Crippen molar-refractivity contribution >= 4 is 33.2 Å². The van der Waals surface area contributed by atoms with Crippen LogP contribution in [0.5, 0.6) is 5.75 Å². The molecule has 0 fully saturated rings. The summed E-state index contributed by atoms with van der Waals surface area (Å²) in [5, 5.41) is 6.14. The highest BCUT2D eigenvalue weighted by Gasteiger charge is 2.20. The third kappa shape index (κ3) is 2.97. The summed E-state index contributed by atoms with van der Waals surface area (Å²) in [6, 6.07) is 9.96. The normalized spacial score (nSPS) is 15.6. The second kappa shape index (κ2) is 6.17. The van der Waals surface area contributed by atoms with Gasteiger partial charge in [-0.05, 0) is 52.8 Å². The van der Waals surface area contributed by atoms with E-state index in [4.69, 9.17) is 4.74 Å². The fraction of sp³-hybridized carbons (Fsp3) is 0.267. The van der Waals surface area contributed by atoms with Crippen LogP contribution in [-0.2, 0) is 0 Å². The molecule has 2 N–H and O–H groups in total. The summed E-state index contributed by atoms with van der Waals surface area (Å²) in [7, 11) is 1.92. The van der Waals surface area contributed by atoms with Gasteiger partial charge in [0.25, 0.3) is 5.91 Å². The van der Waals surface area contributed by atoms with Crippen molar-refractivity contribution in [1.29, 1.82) is 0 Å². The van der Waals surface area contributed by atoms with Gasteiger partial charge in [0.15, 0.2) is 0 Å². The minimum absolute atomic E-state index is 0.0580. The number of halogens is 1. The zero-order chi connectivity index (χ0) is 14.8. The Bertz CT molecular complexity index is 671. The van der Waals surface area contributed by atoms with Gasteiger partial charge in [-0.25, -0.2) is 0 Å². The first kappa shape index (κ1) is 14.6. The fourth-order valence-electron chi connectivity index (χ4n) is 2.41. The lowest BCUT2D eigenvalue weighted by Crippen LogP contribution is -2.24. The SMILES string of the molecule is CNC(c1ccc2c(c1)C(=O)NCCO2)c1ccc(Br)s1. The van der Waals surface area contributed by atoms with Gasteiger partial charge >= 0.3 is 0 Å². The van der Waals surface area contributed by atoms with Crippen LogP contribution >= 0.6 is 27.3 Å². The van der Waals surface area contributed by atoms with E-state index in [1.807, 2.05) is 31.3 Å². The number of thiophene rings is 1. The number of benzene rings is 1. The highest BCUT2D eigenvalue weighted by Crippen LogP contribution is 2.33. The quantitative estimate of drug-likeness (QED) is 0.877. The van der Waals surface area contributed by atoms with Crippen LogP contribution in [0.2, 0.25) is 0 Å². The first-order valence-electron chi connectivity index (χ1n) is 6.66. The molecule has 2 aromatic rings. The van der Waals surface area contributed by atoms with Crippen molar-refractivity contribution in [2.45, 2.75) is 6.04 Å². The number of ether oxygens (including phenoxy) is 1. The molecule has 2 heterocycles. The molecule has 3 rings (SSSR count). The van der Waals surface area contributed by atoms with Gasteiger partial charge < -0.3 is 15.4 Å². The van der Waals surface area contributed by atoms with Crippen LogP contribution in [0.25, 0.3) is 0 Å². The number of amides is 1. The molecule has 1 unspecified atom stereocenters. The highest BCUT2D eigenvalue weighted by atomic mass is 79.9. The summed E-state index contributed by atoms with van der Waals surface area (Å²) in [6.45, 7) is 1.04. The van der Waals surface area contributed by atoms with E-state index < -0.39 is 0 Å². The van der Waals surface area contributed by atoms with E-state index in [-0.39, 0.29) is 11.9 Å². The van der Waals surface area contributed by atoms with Crippen LogP contribution in [0.15, 0.2) is 34.1 Å². The molecule has 1 amide bonds. The van der Waals surface area contributed by atoms with Crippen LogP contribution in [0.1, 0.15) is 26.8 Å². The van der Waals surface area contributed by atoms with Gasteiger partial charge in [-0.2, -0.15) is 0 Å². The van der Waals surface area contributed by atoms with E-state index in [0.29, 0.717) is 24.5 Å². The predicted octanol–water partition coefficient (Wildman–Crippen LogP) is 2.94. The topological polar surface area (TPSA) is 50.4 Å². The van der Waals surface area contributed by atoms with Crippen molar-refractivity contribution in [3.8, 4) is 5.75 Å². The molecule has 1 aliphatic rings. The zero-order valence-electron chi connectivity index (χ0n) is 11.5. The number of rotatable bonds is 3. The molecule has 1 aromatic carbocycles. The Balaban J connectivity index is 2.00. The second-order valence-corrected chi connectivity index (χ2v) is 7.22. The predicted molar refractivity (Wildman–Crippen MR) is 87.2 cm³/mol. The lowest BCUT2D eigenvalue weighted by atomic mass is 10.0. The van der Waals surface area contributed by atoms with Crippen molar-refractivity contribution in [3.63, 3.8) is 0 Å². The smallest absolute Gasteiger partial charge is 0.255 e. The first-order chi connectivity index (χ1) is 10.2. The van der Waals surface area contributed by atoms with Gasteiger partial charge in [0.05, 0.1) is 21.9 Å². The van der Waals surface area contributed by atoms with Crippen LogP contribution in [0.3, 0.4) is 0 Å². The maximum atomic E-state index is 12.1. The second-order valence-electron chi connectivity index (χ2n) is 4.72. The first-order valence-corrected chi connectivity index (χ1v) is 8.27. The Morgan fingerprint density at radius 2 is 2.24 bits per heavy atom. The van der Waals surface area contributed by atoms with Crippen LogP contribution in [0.4, 0.5) is 0 Å². The highest BCUT2D eigenvalue weighted by molar-refractivity contribution is 9.11. The van der Waals surface area contributed by atoms with E-state index in [1.165, 1.54) is 4.88 Å². The Morgan fingerprint density at radius 3 is 2.95 bits per heavy atom. The van der Waals surface area contributed by atoms with E-state index in [9.17, 15) is 4.79 Å². The molecule has 21 heavy (non-hydrogen) atoms. The summed E-state index contributed by atoms with van der Waals surface area (Å²) in [5.41, 5.74) is 1.65. The molecule has 0 aliphatic carbocycles. The van der Waals surface area contributed by atoms with Gasteiger partial charge in [0.1, 0.15) is 12.4 Å². The molecule has 0 saturated carbocycles. The molecule has 1 atom stereocenters. The maximum absolute atomic E-state index is 12.1. The third-order valence-electron chi connectivity index (χ3n) is 3.39. The number of fused-ring (bicyclic) bond motifs is 1. The van der Waals surface area contributed by atoms with Gasteiger partial charge in [0, 0.05) is 4.88 Å². The van der Waals surface area contributed by atoms with E-state index >= 15 is 0 Å². The summed E-state index contributed by atoms with van der Waals surface area (Å²) < 4.78 is 6.68. The fourth-order valence-corrected chi connectivity index (χ4v) is 3.97. The van der Waals surface area contributed by atoms with Crippen LogP contribution in [0, 0.1) is 0 Å². The van der Waals surface area contributed by atoms with E-state index in [2.05, 4.69) is 32.6 Å². The molecule has 110 valence electrons. The third-order valence-corrected chi connectivity index (χ3v) is 5.08. The molecule has 0 bridgehead atoms. The molecular weight excluding hydrogens is 352 g/mol. The average molecular weight is 367 g/mol. The standard InChI is InChI=1S/C15H15BrN2O2S/c1-17-14(12-4-5-13(16)21-12)9-2-3-11-10(8-9)15(19)18-6-7-20-11/h2-5,8,14,17H,6-7H2,1H3,(H,18,19). The van der Waals surface area contributed by atoms with Crippen molar-refractivity contribution in [1.82, 2.24) is 10.6 Å². The van der Waals surface area contributed by atoms with Crippen LogP contribution in [-0.4, -0.2) is 26.1 Å². The molecule has 4 nitrogen and oxygen atoms in total. The molecule has 0 saturated heterocycles. The van der Waals surface area contributed by atoms with Crippen molar-refractivity contribution in [2.24, 2.45) is 0 Å². The molecular formula is C15H15BrN2O2S. The minimum Gasteiger partial charge on any atom is -0.491 e. The van der Waals surface area contributed by atoms with Crippen molar-refractivity contribution < 1.29 is 9.53 Å². The molecule has 1 aromatic heterocycles. The minimum atomic E-state index is -0.0773.